The number of benzene rings is 1. The van der Waals surface area contributed by atoms with Crippen LogP contribution in [0.2, 0.25) is 0 Å². The van der Waals surface area contributed by atoms with Gasteiger partial charge in [0, 0.05) is 19.6 Å². The fraction of sp³-hybridized carbons (Fsp3) is 0.529. The van der Waals surface area contributed by atoms with Crippen LogP contribution in [0.4, 0.5) is 0 Å². The third-order valence-corrected chi connectivity index (χ3v) is 5.07. The van der Waals surface area contributed by atoms with Crippen molar-refractivity contribution in [1.29, 1.82) is 0 Å². The maximum Gasteiger partial charge on any atom is 0.237 e. The van der Waals surface area contributed by atoms with Gasteiger partial charge in [0.15, 0.2) is 5.82 Å². The molecule has 2 aromatic rings. The molecule has 2 heterocycles. The van der Waals surface area contributed by atoms with Crippen LogP contribution < -0.4 is 5.32 Å². The number of hydrogen-bond donors (Lipinski definition) is 1. The summed E-state index contributed by atoms with van der Waals surface area (Å²) in [5.74, 6) is 1.60. The molecule has 1 atom stereocenters. The highest BCUT2D eigenvalue weighted by Crippen LogP contribution is 2.53. The second kappa shape index (κ2) is 6.23. The van der Waals surface area contributed by atoms with Gasteiger partial charge in [-0.3, -0.25) is 4.90 Å². The summed E-state index contributed by atoms with van der Waals surface area (Å²) < 4.78 is 5.69. The van der Waals surface area contributed by atoms with Crippen LogP contribution in [-0.2, 0) is 5.41 Å². The molecule has 1 aliphatic carbocycles. The van der Waals surface area contributed by atoms with Crippen molar-refractivity contribution in [3.63, 3.8) is 0 Å². The SMILES string of the molecule is Cc1ccccc1C1(c2nc(C3CNCCN3C)no2)CC1.Cl. The molecule has 1 aliphatic heterocycles. The predicted molar refractivity (Wildman–Crippen MR) is 91.0 cm³/mol. The number of nitrogens with zero attached hydrogens (tertiary/aromatic N) is 3. The van der Waals surface area contributed by atoms with E-state index in [4.69, 9.17) is 9.51 Å². The Kier molecular flexibility index (Phi) is 4.45. The van der Waals surface area contributed by atoms with Crippen molar-refractivity contribution in [3.05, 3.63) is 47.1 Å². The Bertz CT molecular complexity index is 683. The molecule has 124 valence electrons. The Labute approximate surface area is 142 Å². The van der Waals surface area contributed by atoms with Crippen molar-refractivity contribution in [1.82, 2.24) is 20.4 Å². The first-order valence-corrected chi connectivity index (χ1v) is 8.02. The van der Waals surface area contributed by atoms with Gasteiger partial charge in [0.25, 0.3) is 0 Å². The summed E-state index contributed by atoms with van der Waals surface area (Å²) in [6.45, 7) is 5.07. The van der Waals surface area contributed by atoms with Gasteiger partial charge in [-0.05, 0) is 37.9 Å². The Morgan fingerprint density at radius 3 is 2.78 bits per heavy atom. The van der Waals surface area contributed by atoms with Crippen LogP contribution in [0, 0.1) is 6.92 Å². The lowest BCUT2D eigenvalue weighted by Crippen LogP contribution is -2.44. The lowest BCUT2D eigenvalue weighted by molar-refractivity contribution is 0.190. The van der Waals surface area contributed by atoms with Crippen LogP contribution in [0.25, 0.3) is 0 Å². The maximum atomic E-state index is 5.69. The molecular weight excluding hydrogens is 312 g/mol. The zero-order valence-corrected chi connectivity index (χ0v) is 14.4. The highest BCUT2D eigenvalue weighted by atomic mass is 35.5. The smallest absolute Gasteiger partial charge is 0.237 e. The summed E-state index contributed by atoms with van der Waals surface area (Å²) in [5.41, 5.74) is 2.59. The molecule has 0 amide bonds. The average molecular weight is 335 g/mol. The molecule has 2 fully saturated rings. The summed E-state index contributed by atoms with van der Waals surface area (Å²) in [6.07, 6.45) is 2.19. The van der Waals surface area contributed by atoms with Gasteiger partial charge in [-0.25, -0.2) is 0 Å². The Morgan fingerprint density at radius 2 is 2.09 bits per heavy atom. The minimum absolute atomic E-state index is 0. The maximum absolute atomic E-state index is 5.69. The number of halogens is 1. The van der Waals surface area contributed by atoms with Crippen LogP contribution in [0.3, 0.4) is 0 Å². The monoisotopic (exact) mass is 334 g/mol. The zero-order chi connectivity index (χ0) is 15.2. The van der Waals surface area contributed by atoms with Gasteiger partial charge in [0.1, 0.15) is 0 Å². The van der Waals surface area contributed by atoms with E-state index in [2.05, 4.69) is 53.6 Å². The summed E-state index contributed by atoms with van der Waals surface area (Å²) in [5, 5.41) is 7.69. The molecule has 1 N–H and O–H groups in total. The Balaban J connectivity index is 0.00000156. The highest BCUT2D eigenvalue weighted by molar-refractivity contribution is 5.85. The highest BCUT2D eigenvalue weighted by Gasteiger charge is 2.51. The van der Waals surface area contributed by atoms with Crippen molar-refractivity contribution < 1.29 is 4.52 Å². The molecule has 4 rings (SSSR count). The first-order valence-electron chi connectivity index (χ1n) is 8.02. The predicted octanol–water partition coefficient (Wildman–Crippen LogP) is 2.46. The van der Waals surface area contributed by atoms with E-state index in [9.17, 15) is 0 Å². The van der Waals surface area contributed by atoms with E-state index in [0.717, 1.165) is 44.2 Å². The van der Waals surface area contributed by atoms with Crippen LogP contribution in [0.15, 0.2) is 28.8 Å². The molecule has 0 bridgehead atoms. The molecule has 23 heavy (non-hydrogen) atoms. The van der Waals surface area contributed by atoms with Crippen molar-refractivity contribution in [2.75, 3.05) is 26.7 Å². The minimum atomic E-state index is -0.0444. The average Bonchev–Trinajstić information content (AvgIpc) is 3.18. The van der Waals surface area contributed by atoms with E-state index >= 15 is 0 Å². The third kappa shape index (κ3) is 2.77. The fourth-order valence-electron chi connectivity index (χ4n) is 3.49. The van der Waals surface area contributed by atoms with Crippen molar-refractivity contribution in [2.45, 2.75) is 31.2 Å². The van der Waals surface area contributed by atoms with Gasteiger partial charge in [-0.1, -0.05) is 29.4 Å². The molecule has 1 unspecified atom stereocenters. The lowest BCUT2D eigenvalue weighted by Gasteiger charge is -2.30. The van der Waals surface area contributed by atoms with Crippen LogP contribution in [0.1, 0.15) is 41.7 Å². The molecule has 1 aromatic heterocycles. The minimum Gasteiger partial charge on any atom is -0.338 e. The molecule has 1 saturated carbocycles. The van der Waals surface area contributed by atoms with E-state index in [0.29, 0.717) is 0 Å². The number of likely N-dealkylation sites (N-methyl/N-ethyl adjacent to an activating group) is 1. The summed E-state index contributed by atoms with van der Waals surface area (Å²) in [7, 11) is 2.12. The summed E-state index contributed by atoms with van der Waals surface area (Å²) >= 11 is 0. The van der Waals surface area contributed by atoms with E-state index in [1.54, 1.807) is 0 Å². The molecular formula is C17H23ClN4O. The molecule has 0 radical (unpaired) electrons. The van der Waals surface area contributed by atoms with E-state index in [1.807, 2.05) is 0 Å². The molecule has 1 saturated heterocycles. The number of piperazine rings is 1. The van der Waals surface area contributed by atoms with Crippen molar-refractivity contribution in [2.24, 2.45) is 0 Å². The number of aryl methyl sites for hydroxylation is 1. The normalized spacial score (nSPS) is 23.3. The van der Waals surface area contributed by atoms with Gasteiger partial charge >= 0.3 is 0 Å². The Hall–Kier alpha value is -1.43. The Morgan fingerprint density at radius 1 is 1.30 bits per heavy atom. The van der Waals surface area contributed by atoms with Crippen molar-refractivity contribution >= 4 is 12.4 Å². The standard InChI is InChI=1S/C17H22N4O.ClH/c1-12-5-3-4-6-13(12)17(7-8-17)16-19-15(20-22-16)14-11-18-9-10-21(14)2;/h3-6,14,18H,7-11H2,1-2H3;1H. The number of hydrogen-bond acceptors (Lipinski definition) is 5. The van der Waals surface area contributed by atoms with E-state index < -0.39 is 0 Å². The molecule has 1 aromatic carbocycles. The molecule has 0 spiro atoms. The van der Waals surface area contributed by atoms with Gasteiger partial charge in [-0.2, -0.15) is 4.98 Å². The first kappa shape index (κ1) is 16.4. The summed E-state index contributed by atoms with van der Waals surface area (Å²) in [4.78, 5) is 7.07. The van der Waals surface area contributed by atoms with Crippen LogP contribution in [-0.4, -0.2) is 41.7 Å². The lowest BCUT2D eigenvalue weighted by atomic mass is 9.92. The van der Waals surface area contributed by atoms with Crippen LogP contribution >= 0.6 is 12.4 Å². The molecule has 6 heteroatoms. The van der Waals surface area contributed by atoms with E-state index in [1.165, 1.54) is 11.1 Å². The number of rotatable bonds is 3. The fourth-order valence-corrected chi connectivity index (χ4v) is 3.49. The quantitative estimate of drug-likeness (QED) is 0.934. The van der Waals surface area contributed by atoms with Crippen molar-refractivity contribution in [3.8, 4) is 0 Å². The largest absolute Gasteiger partial charge is 0.338 e. The third-order valence-electron chi connectivity index (χ3n) is 5.07. The van der Waals surface area contributed by atoms with Gasteiger partial charge in [-0.15, -0.1) is 12.4 Å². The van der Waals surface area contributed by atoms with Gasteiger partial charge < -0.3 is 9.84 Å². The van der Waals surface area contributed by atoms with Gasteiger partial charge in [0.2, 0.25) is 5.89 Å². The molecule has 5 nitrogen and oxygen atoms in total. The second-order valence-electron chi connectivity index (χ2n) is 6.56. The topological polar surface area (TPSA) is 54.2 Å². The first-order chi connectivity index (χ1) is 10.7. The van der Waals surface area contributed by atoms with Gasteiger partial charge in [0.05, 0.1) is 11.5 Å². The second-order valence-corrected chi connectivity index (χ2v) is 6.56. The van der Waals surface area contributed by atoms with E-state index in [-0.39, 0.29) is 23.9 Å². The number of aromatic nitrogens is 2. The number of nitrogens with one attached hydrogen (secondary N) is 1. The van der Waals surface area contributed by atoms with Crippen LogP contribution in [0.5, 0.6) is 0 Å². The zero-order valence-electron chi connectivity index (χ0n) is 13.6. The molecule has 2 aliphatic rings. The summed E-state index contributed by atoms with van der Waals surface area (Å²) in [6, 6.07) is 8.74.